The molecule has 1 unspecified atom stereocenters. The van der Waals surface area contributed by atoms with Crippen LogP contribution in [0.5, 0.6) is 0 Å². The molecule has 0 bridgehead atoms. The highest BCUT2D eigenvalue weighted by Gasteiger charge is 2.38. The standard InChI is InChI=1S/C16H28N2O2/c1-16(2,3)15(20)18-12-8-5-9-13(18)14(19)17-10-6-4-7-11-17/h13H,4-12H2,1-3H3. The molecule has 0 aromatic rings. The number of carbonyl (C=O) groups is 2. The van der Waals surface area contributed by atoms with Crippen molar-refractivity contribution in [3.8, 4) is 0 Å². The lowest BCUT2D eigenvalue weighted by atomic mass is 9.91. The Morgan fingerprint density at radius 3 is 2.10 bits per heavy atom. The van der Waals surface area contributed by atoms with Crippen LogP contribution in [-0.4, -0.2) is 47.3 Å². The Morgan fingerprint density at radius 1 is 0.900 bits per heavy atom. The average Bonchev–Trinajstić information content (AvgIpc) is 2.45. The van der Waals surface area contributed by atoms with Gasteiger partial charge in [0.15, 0.2) is 0 Å². The molecule has 114 valence electrons. The minimum atomic E-state index is -0.405. The highest BCUT2D eigenvalue weighted by Crippen LogP contribution is 2.26. The minimum absolute atomic E-state index is 0.118. The number of rotatable bonds is 1. The Kier molecular flexibility index (Phi) is 4.71. The van der Waals surface area contributed by atoms with Gasteiger partial charge >= 0.3 is 0 Å². The van der Waals surface area contributed by atoms with Crippen LogP contribution in [0.1, 0.15) is 59.3 Å². The zero-order valence-corrected chi connectivity index (χ0v) is 13.2. The first kappa shape index (κ1) is 15.3. The fourth-order valence-corrected chi connectivity index (χ4v) is 3.19. The summed E-state index contributed by atoms with van der Waals surface area (Å²) in [6.07, 6.45) is 6.33. The van der Waals surface area contributed by atoms with Gasteiger partial charge in [0, 0.05) is 25.0 Å². The molecule has 0 spiro atoms. The van der Waals surface area contributed by atoms with Crippen molar-refractivity contribution in [3.05, 3.63) is 0 Å². The van der Waals surface area contributed by atoms with E-state index in [0.29, 0.717) is 0 Å². The fraction of sp³-hybridized carbons (Fsp3) is 0.875. The van der Waals surface area contributed by atoms with Gasteiger partial charge in [0.05, 0.1) is 0 Å². The second kappa shape index (κ2) is 6.15. The van der Waals surface area contributed by atoms with Gasteiger partial charge in [0.2, 0.25) is 11.8 Å². The number of piperidine rings is 2. The van der Waals surface area contributed by atoms with E-state index in [1.165, 1.54) is 6.42 Å². The number of nitrogens with zero attached hydrogens (tertiary/aromatic N) is 2. The third-order valence-corrected chi connectivity index (χ3v) is 4.36. The van der Waals surface area contributed by atoms with Gasteiger partial charge in [-0.15, -0.1) is 0 Å². The highest BCUT2D eigenvalue weighted by molar-refractivity contribution is 5.90. The molecule has 1 atom stereocenters. The van der Waals surface area contributed by atoms with Gasteiger partial charge < -0.3 is 9.80 Å². The van der Waals surface area contributed by atoms with Crippen molar-refractivity contribution >= 4 is 11.8 Å². The molecule has 2 rings (SSSR count). The molecular weight excluding hydrogens is 252 g/mol. The highest BCUT2D eigenvalue weighted by atomic mass is 16.2. The molecule has 0 aromatic carbocycles. The molecule has 0 N–H and O–H groups in total. The second-order valence-electron chi connectivity index (χ2n) is 7.15. The summed E-state index contributed by atoms with van der Waals surface area (Å²) < 4.78 is 0. The maximum Gasteiger partial charge on any atom is 0.245 e. The zero-order chi connectivity index (χ0) is 14.8. The van der Waals surface area contributed by atoms with Crippen LogP contribution in [0.25, 0.3) is 0 Å². The van der Waals surface area contributed by atoms with E-state index in [1.54, 1.807) is 0 Å². The van der Waals surface area contributed by atoms with Crippen molar-refractivity contribution in [1.82, 2.24) is 9.80 Å². The lowest BCUT2D eigenvalue weighted by Gasteiger charge is -2.41. The zero-order valence-electron chi connectivity index (χ0n) is 13.2. The molecule has 0 saturated carbocycles. The van der Waals surface area contributed by atoms with Crippen molar-refractivity contribution in [2.75, 3.05) is 19.6 Å². The van der Waals surface area contributed by atoms with Crippen LogP contribution in [0.2, 0.25) is 0 Å². The van der Waals surface area contributed by atoms with Crippen molar-refractivity contribution in [1.29, 1.82) is 0 Å². The van der Waals surface area contributed by atoms with E-state index in [9.17, 15) is 9.59 Å². The summed E-state index contributed by atoms with van der Waals surface area (Å²) in [7, 11) is 0. The number of hydrogen-bond donors (Lipinski definition) is 0. The summed E-state index contributed by atoms with van der Waals surface area (Å²) in [4.78, 5) is 29.1. The summed E-state index contributed by atoms with van der Waals surface area (Å²) in [6, 6.07) is -0.214. The van der Waals surface area contributed by atoms with E-state index in [4.69, 9.17) is 0 Å². The SMILES string of the molecule is CC(C)(C)C(=O)N1CCCCC1C(=O)N1CCCCC1. The smallest absolute Gasteiger partial charge is 0.245 e. The predicted molar refractivity (Wildman–Crippen MR) is 79.2 cm³/mol. The molecule has 20 heavy (non-hydrogen) atoms. The van der Waals surface area contributed by atoms with E-state index in [0.717, 1.165) is 51.7 Å². The van der Waals surface area contributed by atoms with Crippen LogP contribution in [0.15, 0.2) is 0 Å². The lowest BCUT2D eigenvalue weighted by molar-refractivity contribution is -0.152. The van der Waals surface area contributed by atoms with E-state index in [2.05, 4.69) is 0 Å². The summed E-state index contributed by atoms with van der Waals surface area (Å²) in [6.45, 7) is 8.28. The van der Waals surface area contributed by atoms with E-state index in [1.807, 2.05) is 30.6 Å². The first-order chi connectivity index (χ1) is 9.41. The molecule has 0 radical (unpaired) electrons. The molecule has 2 aliphatic rings. The molecule has 2 saturated heterocycles. The minimum Gasteiger partial charge on any atom is -0.341 e. The lowest BCUT2D eigenvalue weighted by Crippen LogP contribution is -2.56. The normalized spacial score (nSPS) is 24.6. The molecule has 2 amide bonds. The van der Waals surface area contributed by atoms with Crippen LogP contribution >= 0.6 is 0 Å². The van der Waals surface area contributed by atoms with E-state index >= 15 is 0 Å². The summed E-state index contributed by atoms with van der Waals surface area (Å²) in [5, 5.41) is 0. The molecule has 2 aliphatic heterocycles. The molecular formula is C16H28N2O2. The summed E-state index contributed by atoms with van der Waals surface area (Å²) >= 11 is 0. The Bertz CT molecular complexity index is 367. The van der Waals surface area contributed by atoms with Crippen LogP contribution in [0, 0.1) is 5.41 Å². The Balaban J connectivity index is 2.10. The third kappa shape index (κ3) is 3.33. The molecule has 2 heterocycles. The van der Waals surface area contributed by atoms with Gasteiger partial charge in [0.1, 0.15) is 6.04 Å². The van der Waals surface area contributed by atoms with Crippen LogP contribution in [-0.2, 0) is 9.59 Å². The first-order valence-electron chi connectivity index (χ1n) is 8.01. The van der Waals surface area contributed by atoms with Crippen molar-refractivity contribution < 1.29 is 9.59 Å². The molecule has 4 heteroatoms. The van der Waals surface area contributed by atoms with E-state index in [-0.39, 0.29) is 17.9 Å². The largest absolute Gasteiger partial charge is 0.341 e. The topological polar surface area (TPSA) is 40.6 Å². The van der Waals surface area contributed by atoms with Crippen LogP contribution < -0.4 is 0 Å². The Hall–Kier alpha value is -1.06. The monoisotopic (exact) mass is 280 g/mol. The Morgan fingerprint density at radius 2 is 1.50 bits per heavy atom. The molecule has 0 aliphatic carbocycles. The number of carbonyl (C=O) groups excluding carboxylic acids is 2. The van der Waals surface area contributed by atoms with Gasteiger partial charge in [-0.3, -0.25) is 9.59 Å². The van der Waals surface area contributed by atoms with Crippen molar-refractivity contribution in [2.45, 2.75) is 65.3 Å². The number of likely N-dealkylation sites (tertiary alicyclic amines) is 2. The fourth-order valence-electron chi connectivity index (χ4n) is 3.19. The third-order valence-electron chi connectivity index (χ3n) is 4.36. The van der Waals surface area contributed by atoms with E-state index < -0.39 is 5.41 Å². The quantitative estimate of drug-likeness (QED) is 0.740. The average molecular weight is 280 g/mol. The number of amides is 2. The van der Waals surface area contributed by atoms with Gasteiger partial charge in [-0.2, -0.15) is 0 Å². The van der Waals surface area contributed by atoms with Crippen LogP contribution in [0.3, 0.4) is 0 Å². The summed E-state index contributed by atoms with van der Waals surface area (Å²) in [5.41, 5.74) is -0.405. The second-order valence-corrected chi connectivity index (χ2v) is 7.15. The number of hydrogen-bond acceptors (Lipinski definition) is 2. The molecule has 0 aromatic heterocycles. The Labute approximate surface area is 122 Å². The van der Waals surface area contributed by atoms with Crippen LogP contribution in [0.4, 0.5) is 0 Å². The van der Waals surface area contributed by atoms with Gasteiger partial charge in [-0.25, -0.2) is 0 Å². The first-order valence-corrected chi connectivity index (χ1v) is 8.01. The van der Waals surface area contributed by atoms with Gasteiger partial charge in [-0.05, 0) is 38.5 Å². The van der Waals surface area contributed by atoms with Crippen molar-refractivity contribution in [3.63, 3.8) is 0 Å². The summed E-state index contributed by atoms with van der Waals surface area (Å²) in [5.74, 6) is 0.301. The molecule has 4 nitrogen and oxygen atoms in total. The van der Waals surface area contributed by atoms with Gasteiger partial charge in [0.25, 0.3) is 0 Å². The maximum absolute atomic E-state index is 12.7. The maximum atomic E-state index is 12.7. The predicted octanol–water partition coefficient (Wildman–Crippen LogP) is 2.43. The van der Waals surface area contributed by atoms with Gasteiger partial charge in [-0.1, -0.05) is 20.8 Å². The van der Waals surface area contributed by atoms with Crippen molar-refractivity contribution in [2.24, 2.45) is 5.41 Å². The molecule has 2 fully saturated rings.